The number of ether oxygens (including phenoxy) is 5. The van der Waals surface area contributed by atoms with Gasteiger partial charge in [0.2, 0.25) is 0 Å². The highest BCUT2D eigenvalue weighted by Gasteiger charge is 2.12. The van der Waals surface area contributed by atoms with Gasteiger partial charge in [0, 0.05) is 18.8 Å². The third kappa shape index (κ3) is 18.1. The van der Waals surface area contributed by atoms with E-state index in [1.807, 2.05) is 82.5 Å². The summed E-state index contributed by atoms with van der Waals surface area (Å²) < 4.78 is 26.3. The number of aldehydes is 1. The number of aryl methyl sites for hydroxylation is 4. The Balaban J connectivity index is 0.000000298. The van der Waals surface area contributed by atoms with Crippen LogP contribution < -0.4 is 0 Å². The number of carbonyl (C=O) groups excluding carboxylic acids is 1. The number of benzene rings is 4. The molecule has 0 aliphatic carbocycles. The van der Waals surface area contributed by atoms with Crippen molar-refractivity contribution in [3.05, 3.63) is 148 Å². The number of aliphatic hydroxyl groups excluding tert-OH is 1. The van der Waals surface area contributed by atoms with Crippen LogP contribution in [-0.4, -0.2) is 77.5 Å². The van der Waals surface area contributed by atoms with Gasteiger partial charge in [0.1, 0.15) is 12.9 Å². The molecule has 276 valence electrons. The number of carbonyl (C=O) groups is 1. The standard InChI is InChI=1S/C22H28O3.C16H16O.C6H14O3/c1-4-23-13-14-24-15-16-25-17-22(20-9-5-18(2)6-10-20)21-11-7-19(3)8-12-21;1-12-3-7-14(8-4-12)16(11-17)15-9-5-13(2)6-10-15;1-2-8-5-6-9-4-3-7/h5-12,17H,4,13-16H2,1-3H3;3-11,16H,1-2H3;7H,2-6H2,1H3. The Morgan fingerprint density at radius 3 is 1.25 bits per heavy atom. The lowest BCUT2D eigenvalue weighted by Crippen LogP contribution is -2.08. The number of hydrogen-bond acceptors (Lipinski definition) is 7. The van der Waals surface area contributed by atoms with Gasteiger partial charge in [0.05, 0.1) is 58.4 Å². The van der Waals surface area contributed by atoms with Crippen LogP contribution in [0.5, 0.6) is 0 Å². The molecular weight excluding hydrogens is 640 g/mol. The van der Waals surface area contributed by atoms with Crippen LogP contribution in [0.4, 0.5) is 0 Å². The van der Waals surface area contributed by atoms with E-state index >= 15 is 0 Å². The first kappa shape index (κ1) is 43.1. The van der Waals surface area contributed by atoms with Crippen molar-refractivity contribution in [3.8, 4) is 0 Å². The molecular formula is C44H58O7. The van der Waals surface area contributed by atoms with Gasteiger partial charge < -0.3 is 33.6 Å². The summed E-state index contributed by atoms with van der Waals surface area (Å²) in [6.45, 7) is 17.6. The van der Waals surface area contributed by atoms with Gasteiger partial charge in [-0.05, 0) is 63.8 Å². The Hall–Kier alpha value is -4.11. The van der Waals surface area contributed by atoms with E-state index in [0.717, 1.165) is 47.3 Å². The summed E-state index contributed by atoms with van der Waals surface area (Å²) >= 11 is 0. The normalized spacial score (nSPS) is 10.4. The average molecular weight is 699 g/mol. The monoisotopic (exact) mass is 698 g/mol. The molecule has 0 amide bonds. The van der Waals surface area contributed by atoms with Crippen LogP contribution in [0.3, 0.4) is 0 Å². The molecule has 7 nitrogen and oxygen atoms in total. The van der Waals surface area contributed by atoms with Crippen molar-refractivity contribution in [2.45, 2.75) is 47.5 Å². The van der Waals surface area contributed by atoms with Crippen LogP contribution in [-0.2, 0) is 28.5 Å². The SMILES string of the molecule is CCOCCOCCO.CCOCCOCCOC=C(c1ccc(C)cc1)c1ccc(C)cc1.Cc1ccc(C(C=O)c2ccc(C)cc2)cc1. The molecule has 0 atom stereocenters. The summed E-state index contributed by atoms with van der Waals surface area (Å²) in [6, 6.07) is 33.2. The third-order valence-corrected chi connectivity index (χ3v) is 7.67. The molecule has 4 aromatic rings. The maximum Gasteiger partial charge on any atom is 0.131 e. The van der Waals surface area contributed by atoms with E-state index in [-0.39, 0.29) is 12.5 Å². The van der Waals surface area contributed by atoms with Crippen LogP contribution in [0.2, 0.25) is 0 Å². The zero-order valence-corrected chi connectivity index (χ0v) is 31.4. The Bertz CT molecular complexity index is 1380. The zero-order chi connectivity index (χ0) is 37.1. The van der Waals surface area contributed by atoms with Crippen LogP contribution >= 0.6 is 0 Å². The third-order valence-electron chi connectivity index (χ3n) is 7.67. The van der Waals surface area contributed by atoms with Crippen LogP contribution in [0, 0.1) is 27.7 Å². The number of aliphatic hydroxyl groups is 1. The lowest BCUT2D eigenvalue weighted by atomic mass is 9.92. The van der Waals surface area contributed by atoms with Gasteiger partial charge in [0.15, 0.2) is 0 Å². The smallest absolute Gasteiger partial charge is 0.131 e. The van der Waals surface area contributed by atoms with Gasteiger partial charge in [-0.1, -0.05) is 119 Å². The van der Waals surface area contributed by atoms with Crippen LogP contribution in [0.25, 0.3) is 5.57 Å². The first-order chi connectivity index (χ1) is 24.8. The molecule has 7 heteroatoms. The second kappa shape index (κ2) is 26.7. The number of hydrogen-bond donors (Lipinski definition) is 1. The van der Waals surface area contributed by atoms with Gasteiger partial charge in [0.25, 0.3) is 0 Å². The molecule has 0 aromatic heterocycles. The predicted octanol–water partition coefficient (Wildman–Crippen LogP) is 8.43. The fourth-order valence-electron chi connectivity index (χ4n) is 4.71. The van der Waals surface area contributed by atoms with E-state index in [2.05, 4.69) is 62.4 Å². The molecule has 0 saturated carbocycles. The fourth-order valence-corrected chi connectivity index (χ4v) is 4.71. The predicted molar refractivity (Wildman–Crippen MR) is 207 cm³/mol. The topological polar surface area (TPSA) is 83.5 Å². The van der Waals surface area contributed by atoms with Crippen LogP contribution in [0.1, 0.15) is 64.3 Å². The highest BCUT2D eigenvalue weighted by atomic mass is 16.5. The molecule has 0 spiro atoms. The Morgan fingerprint density at radius 1 is 0.529 bits per heavy atom. The molecule has 0 aliphatic heterocycles. The second-order valence-corrected chi connectivity index (χ2v) is 11.9. The first-order valence-corrected chi connectivity index (χ1v) is 17.8. The molecule has 4 aromatic carbocycles. The van der Waals surface area contributed by atoms with E-state index in [1.165, 1.54) is 22.3 Å². The molecule has 4 rings (SSSR count). The Kier molecular flexibility index (Phi) is 22.5. The van der Waals surface area contributed by atoms with E-state index < -0.39 is 0 Å². The van der Waals surface area contributed by atoms with Gasteiger partial charge in [-0.25, -0.2) is 0 Å². The van der Waals surface area contributed by atoms with Crippen molar-refractivity contribution in [2.75, 3.05) is 66.1 Å². The summed E-state index contributed by atoms with van der Waals surface area (Å²) in [5.41, 5.74) is 10.4. The minimum Gasteiger partial charge on any atom is -0.498 e. The zero-order valence-electron chi connectivity index (χ0n) is 31.4. The summed E-state index contributed by atoms with van der Waals surface area (Å²) in [7, 11) is 0. The highest BCUT2D eigenvalue weighted by molar-refractivity contribution is 5.79. The Morgan fingerprint density at radius 2 is 0.882 bits per heavy atom. The lowest BCUT2D eigenvalue weighted by Gasteiger charge is -2.11. The molecule has 0 aliphatic rings. The van der Waals surface area contributed by atoms with Gasteiger partial charge in [-0.15, -0.1) is 0 Å². The molecule has 1 N–H and O–H groups in total. The van der Waals surface area contributed by atoms with Crippen molar-refractivity contribution in [2.24, 2.45) is 0 Å². The van der Waals surface area contributed by atoms with Crippen molar-refractivity contribution in [1.82, 2.24) is 0 Å². The van der Waals surface area contributed by atoms with Crippen molar-refractivity contribution < 1.29 is 33.6 Å². The summed E-state index contributed by atoms with van der Waals surface area (Å²) in [4.78, 5) is 11.3. The van der Waals surface area contributed by atoms with E-state index in [1.54, 1.807) is 0 Å². The summed E-state index contributed by atoms with van der Waals surface area (Å²) in [6.07, 6.45) is 2.84. The first-order valence-electron chi connectivity index (χ1n) is 17.8. The highest BCUT2D eigenvalue weighted by Crippen LogP contribution is 2.25. The minimum absolute atomic E-state index is 0.0894. The molecule has 0 saturated heterocycles. The Labute approximate surface area is 306 Å². The minimum atomic E-state index is -0.156. The molecule has 0 radical (unpaired) electrons. The largest absolute Gasteiger partial charge is 0.498 e. The van der Waals surface area contributed by atoms with E-state index in [4.69, 9.17) is 28.8 Å². The van der Waals surface area contributed by atoms with Crippen molar-refractivity contribution in [3.63, 3.8) is 0 Å². The van der Waals surface area contributed by atoms with Gasteiger partial charge >= 0.3 is 0 Å². The van der Waals surface area contributed by atoms with Crippen LogP contribution in [0.15, 0.2) is 103 Å². The molecule has 0 fully saturated rings. The van der Waals surface area contributed by atoms with Crippen molar-refractivity contribution >= 4 is 11.9 Å². The molecule has 51 heavy (non-hydrogen) atoms. The summed E-state index contributed by atoms with van der Waals surface area (Å²) in [5.74, 6) is -0.156. The van der Waals surface area contributed by atoms with E-state index in [0.29, 0.717) is 46.2 Å². The average Bonchev–Trinajstić information content (AvgIpc) is 3.14. The molecule has 0 heterocycles. The maximum atomic E-state index is 11.3. The molecule has 0 unspecified atom stereocenters. The number of rotatable bonds is 19. The lowest BCUT2D eigenvalue weighted by molar-refractivity contribution is -0.108. The maximum absolute atomic E-state index is 11.3. The van der Waals surface area contributed by atoms with Gasteiger partial charge in [-0.2, -0.15) is 0 Å². The van der Waals surface area contributed by atoms with E-state index in [9.17, 15) is 4.79 Å². The fraction of sp³-hybridized carbons (Fsp3) is 0.386. The van der Waals surface area contributed by atoms with Gasteiger partial charge in [-0.3, -0.25) is 0 Å². The second-order valence-electron chi connectivity index (χ2n) is 11.9. The summed E-state index contributed by atoms with van der Waals surface area (Å²) in [5, 5.41) is 8.26. The van der Waals surface area contributed by atoms with Crippen molar-refractivity contribution in [1.29, 1.82) is 0 Å². The molecule has 0 bridgehead atoms. The quantitative estimate of drug-likeness (QED) is 0.0598.